The molecule has 1 aliphatic heterocycles. The van der Waals surface area contributed by atoms with E-state index >= 15 is 0 Å². The van der Waals surface area contributed by atoms with Crippen LogP contribution in [-0.2, 0) is 44.5 Å². The van der Waals surface area contributed by atoms with Crippen LogP contribution in [0.1, 0.15) is 101 Å². The molecule has 1 aromatic carbocycles. The van der Waals surface area contributed by atoms with Crippen molar-refractivity contribution in [2.24, 2.45) is 0 Å². The van der Waals surface area contributed by atoms with Crippen molar-refractivity contribution in [3.8, 4) is 0 Å². The molecule has 1 aromatic rings. The molecule has 0 amide bonds. The maximum Gasteiger partial charge on any atom is 0.320 e. The summed E-state index contributed by atoms with van der Waals surface area (Å²) in [6.07, 6.45) is 1.71. The first-order valence-electron chi connectivity index (χ1n) is 19.9. The monoisotopic (exact) mass is 810 g/mol. The lowest BCUT2D eigenvalue weighted by Gasteiger charge is -2.36. The minimum absolute atomic E-state index is 0.0654. The van der Waals surface area contributed by atoms with Crippen LogP contribution < -0.4 is 4.97 Å². The highest BCUT2D eigenvalue weighted by atomic mass is 17.1. The van der Waals surface area contributed by atoms with Gasteiger partial charge in [0.15, 0.2) is 5.69 Å². The van der Waals surface area contributed by atoms with Crippen LogP contribution in [0.4, 0.5) is 5.69 Å². The van der Waals surface area contributed by atoms with Gasteiger partial charge in [0.25, 0.3) is 0 Å². The first-order valence-corrected chi connectivity index (χ1v) is 19.9. The van der Waals surface area contributed by atoms with Gasteiger partial charge in [0.2, 0.25) is 0 Å². The van der Waals surface area contributed by atoms with Gasteiger partial charge in [-0.15, -0.1) is 0 Å². The second-order valence-corrected chi connectivity index (χ2v) is 18.9. The van der Waals surface area contributed by atoms with E-state index in [4.69, 9.17) is 18.9 Å². The Balaban J connectivity index is 2.48. The van der Waals surface area contributed by atoms with Crippen molar-refractivity contribution >= 4 is 29.6 Å². The first kappa shape index (κ1) is 49.9. The smallest absolute Gasteiger partial charge is 0.320 e. The Morgan fingerprint density at radius 2 is 0.982 bits per heavy atom. The zero-order valence-electron chi connectivity index (χ0n) is 36.6. The second kappa shape index (κ2) is 21.2. The first-order chi connectivity index (χ1) is 26.0. The molecular formula is C41H71N5O11. The minimum Gasteiger partial charge on any atom is -0.559 e. The van der Waals surface area contributed by atoms with E-state index in [2.05, 4.69) is 4.90 Å². The average Bonchev–Trinajstić information content (AvgIpc) is 3.07. The van der Waals surface area contributed by atoms with E-state index in [0.717, 1.165) is 5.56 Å². The number of esters is 4. The van der Waals surface area contributed by atoms with Crippen molar-refractivity contribution in [3.05, 3.63) is 35.0 Å². The zero-order chi connectivity index (χ0) is 43.4. The van der Waals surface area contributed by atoms with Crippen LogP contribution in [0.5, 0.6) is 0 Å². The third-order valence-electron chi connectivity index (χ3n) is 8.51. The van der Waals surface area contributed by atoms with E-state index in [1.54, 1.807) is 58.6 Å². The largest absolute Gasteiger partial charge is 0.559 e. The predicted molar refractivity (Wildman–Crippen MR) is 216 cm³/mol. The Morgan fingerprint density at radius 1 is 0.632 bits per heavy atom. The van der Waals surface area contributed by atoms with Crippen molar-refractivity contribution in [2.75, 3.05) is 72.0 Å². The molecule has 2 N–H and O–H groups in total. The Bertz CT molecular complexity index is 1370. The topological polar surface area (TPSA) is 182 Å². The van der Waals surface area contributed by atoms with E-state index in [9.17, 15) is 34.8 Å². The lowest BCUT2D eigenvalue weighted by atomic mass is 10.0. The fraction of sp³-hybridized carbons (Fsp3) is 0.756. The van der Waals surface area contributed by atoms with Gasteiger partial charge < -0.3 is 24.2 Å². The summed E-state index contributed by atoms with van der Waals surface area (Å²) in [6.45, 7) is 25.0. The highest BCUT2D eigenvalue weighted by molar-refractivity contribution is 5.75. The molecule has 0 saturated carbocycles. The number of hydrogen-bond acceptors (Lipinski definition) is 15. The van der Waals surface area contributed by atoms with Crippen LogP contribution in [0.15, 0.2) is 24.3 Å². The Hall–Kier alpha value is -3.22. The number of carbonyl (C=O) groups excluding carboxylic acids is 4. The quantitative estimate of drug-likeness (QED) is 0.103. The number of nitrogens with zero attached hydrogens (tertiary/aromatic N) is 5. The van der Waals surface area contributed by atoms with Crippen molar-refractivity contribution in [3.63, 3.8) is 0 Å². The van der Waals surface area contributed by atoms with Gasteiger partial charge in [0.05, 0.1) is 26.2 Å². The Labute approximate surface area is 340 Å². The SMILES string of the molecule is CC(C)(C)OC(=O)CN1CCN(CC(=O)OC(C)(C)C)CCN(CC(CCCc2ccc([N+]([O-])(O)O)cc2)N(CC(=O)OC(C)(C)C)CC(=O)OC(C)(C)C)CC1. The third kappa shape index (κ3) is 22.5. The molecule has 57 heavy (non-hydrogen) atoms. The molecule has 1 unspecified atom stereocenters. The summed E-state index contributed by atoms with van der Waals surface area (Å²) >= 11 is 0. The summed E-state index contributed by atoms with van der Waals surface area (Å²) in [7, 11) is 0. The molecule has 1 heterocycles. The molecule has 1 fully saturated rings. The van der Waals surface area contributed by atoms with Gasteiger partial charge in [-0.05, 0) is 113 Å². The van der Waals surface area contributed by atoms with Gasteiger partial charge in [-0.2, -0.15) is 10.4 Å². The van der Waals surface area contributed by atoms with E-state index in [0.29, 0.717) is 65.1 Å². The number of hydrogen-bond donors (Lipinski definition) is 2. The van der Waals surface area contributed by atoms with Gasteiger partial charge in [-0.1, -0.05) is 12.1 Å². The van der Waals surface area contributed by atoms with Gasteiger partial charge in [0, 0.05) is 64.0 Å². The van der Waals surface area contributed by atoms with Crippen LogP contribution in [-0.4, -0.2) is 154 Å². The molecule has 0 spiro atoms. The number of quaternary nitrogens is 1. The highest BCUT2D eigenvalue weighted by Gasteiger charge is 2.31. The molecule has 326 valence electrons. The summed E-state index contributed by atoms with van der Waals surface area (Å²) in [6, 6.07) is 5.66. The van der Waals surface area contributed by atoms with Gasteiger partial charge in [-0.25, -0.2) is 0 Å². The van der Waals surface area contributed by atoms with Crippen LogP contribution in [0.3, 0.4) is 0 Å². The van der Waals surface area contributed by atoms with E-state index in [-0.39, 0.29) is 49.8 Å². The predicted octanol–water partition coefficient (Wildman–Crippen LogP) is 4.55. The van der Waals surface area contributed by atoms with Crippen molar-refractivity contribution in [1.29, 1.82) is 0 Å². The molecule has 0 bridgehead atoms. The van der Waals surface area contributed by atoms with Crippen LogP contribution in [0.25, 0.3) is 0 Å². The third-order valence-corrected chi connectivity index (χ3v) is 8.51. The molecule has 1 saturated heterocycles. The number of ether oxygens (including phenoxy) is 4. The molecule has 0 aromatic heterocycles. The highest BCUT2D eigenvalue weighted by Crippen LogP contribution is 2.21. The van der Waals surface area contributed by atoms with Crippen LogP contribution in [0.2, 0.25) is 0 Å². The maximum absolute atomic E-state index is 13.4. The molecule has 16 heteroatoms. The summed E-state index contributed by atoms with van der Waals surface area (Å²) in [5.74, 6) is -1.68. The number of carbonyl (C=O) groups is 4. The number of rotatable bonds is 16. The summed E-state index contributed by atoms with van der Waals surface area (Å²) in [5.41, 5.74) is -2.18. The molecule has 0 radical (unpaired) electrons. The molecule has 0 aliphatic carbocycles. The average molecular weight is 810 g/mol. The molecule has 1 atom stereocenters. The van der Waals surface area contributed by atoms with E-state index in [1.807, 2.05) is 51.3 Å². The fourth-order valence-electron chi connectivity index (χ4n) is 6.27. The van der Waals surface area contributed by atoms with E-state index in [1.165, 1.54) is 12.1 Å². The fourth-order valence-corrected chi connectivity index (χ4v) is 6.27. The van der Waals surface area contributed by atoms with Crippen LogP contribution in [0, 0.1) is 5.21 Å². The molecule has 2 rings (SSSR count). The lowest BCUT2D eigenvalue weighted by Crippen LogP contribution is -2.51. The van der Waals surface area contributed by atoms with Gasteiger partial charge in [-0.3, -0.25) is 38.8 Å². The standard InChI is InChI=1S/C41H71N5O11/c1-38(2,3)54-34(47)27-43-22-20-42(21-23-44(25-24-43)28-35(48)55-39(4,5)6)26-32(15-13-14-31-16-18-33(19-17-31)46(51,52)53)45(29-36(49)56-40(7,8)9)30-37(50)57-41(10,11)12/h16-19,32,51-52H,13-15,20-30H2,1-12H3. The van der Waals surface area contributed by atoms with Gasteiger partial charge in [0.1, 0.15) is 22.4 Å². The van der Waals surface area contributed by atoms with E-state index < -0.39 is 39.3 Å². The van der Waals surface area contributed by atoms with Crippen molar-refractivity contribution in [1.82, 2.24) is 24.6 Å². The molecular weight excluding hydrogens is 738 g/mol. The number of aryl methyl sites for hydroxylation is 1. The van der Waals surface area contributed by atoms with Crippen molar-refractivity contribution in [2.45, 2.75) is 131 Å². The lowest BCUT2D eigenvalue weighted by molar-refractivity contribution is -0.252. The summed E-state index contributed by atoms with van der Waals surface area (Å²) < 4.78 is 22.7. The number of benzene rings is 1. The summed E-state index contributed by atoms with van der Waals surface area (Å²) in [5, 5.41) is 30.4. The van der Waals surface area contributed by atoms with Crippen LogP contribution >= 0.6 is 0 Å². The molecule has 1 aliphatic rings. The normalized spacial score (nSPS) is 16.6. The Morgan fingerprint density at radius 3 is 1.33 bits per heavy atom. The Kier molecular flexibility index (Phi) is 18.5. The molecule has 16 nitrogen and oxygen atoms in total. The zero-order valence-corrected chi connectivity index (χ0v) is 36.6. The summed E-state index contributed by atoms with van der Waals surface area (Å²) in [4.78, 5) is 58.2. The maximum atomic E-state index is 13.4. The minimum atomic E-state index is -2.52. The van der Waals surface area contributed by atoms with Crippen molar-refractivity contribution < 1.29 is 48.5 Å². The van der Waals surface area contributed by atoms with Gasteiger partial charge >= 0.3 is 23.9 Å². The second-order valence-electron chi connectivity index (χ2n) is 18.9.